The van der Waals surface area contributed by atoms with Crippen molar-refractivity contribution in [3.05, 3.63) is 28.1 Å². The molecule has 0 unspecified atom stereocenters. The highest BCUT2D eigenvalue weighted by atomic mass is 35.5. The minimum atomic E-state index is -0.147. The minimum Gasteiger partial charge on any atom is -0.505 e. The van der Waals surface area contributed by atoms with Gasteiger partial charge in [0, 0.05) is 12.0 Å². The maximum Gasteiger partial charge on any atom is 0.226 e. The molecular formula is C10H8Cl2N2O2. The quantitative estimate of drug-likeness (QED) is 0.898. The van der Waals surface area contributed by atoms with E-state index in [0.717, 1.165) is 0 Å². The van der Waals surface area contributed by atoms with Gasteiger partial charge < -0.3 is 9.63 Å². The van der Waals surface area contributed by atoms with E-state index in [1.165, 1.54) is 12.1 Å². The molecule has 0 bridgehead atoms. The normalized spacial score (nSPS) is 10.7. The molecule has 6 heteroatoms. The van der Waals surface area contributed by atoms with Gasteiger partial charge in [0.05, 0.1) is 10.0 Å². The number of aryl methyl sites for hydroxylation is 1. The van der Waals surface area contributed by atoms with Crippen molar-refractivity contribution in [1.29, 1.82) is 0 Å². The summed E-state index contributed by atoms with van der Waals surface area (Å²) in [5.41, 5.74) is 0.608. The Morgan fingerprint density at radius 2 is 1.94 bits per heavy atom. The molecule has 0 aliphatic carbocycles. The lowest BCUT2D eigenvalue weighted by molar-refractivity contribution is 0.383. The third-order valence-electron chi connectivity index (χ3n) is 2.05. The molecule has 1 heterocycles. The van der Waals surface area contributed by atoms with Crippen LogP contribution < -0.4 is 0 Å². The van der Waals surface area contributed by atoms with Crippen LogP contribution in [0.4, 0.5) is 0 Å². The fraction of sp³-hybridized carbons (Fsp3) is 0.200. The second-order valence-corrected chi connectivity index (χ2v) is 3.97. The van der Waals surface area contributed by atoms with Gasteiger partial charge in [-0.2, -0.15) is 4.98 Å². The summed E-state index contributed by atoms with van der Waals surface area (Å²) >= 11 is 11.6. The van der Waals surface area contributed by atoms with Gasteiger partial charge >= 0.3 is 0 Å². The molecule has 16 heavy (non-hydrogen) atoms. The fourth-order valence-corrected chi connectivity index (χ4v) is 1.70. The Kier molecular flexibility index (Phi) is 3.03. The van der Waals surface area contributed by atoms with Gasteiger partial charge in [0.1, 0.15) is 0 Å². The van der Waals surface area contributed by atoms with Gasteiger partial charge in [-0.15, -0.1) is 0 Å². The van der Waals surface area contributed by atoms with Gasteiger partial charge in [-0.1, -0.05) is 35.3 Å². The number of nitrogens with zero attached hydrogens (tertiary/aromatic N) is 2. The maximum absolute atomic E-state index is 9.40. The number of halogens is 2. The molecule has 0 saturated carbocycles. The van der Waals surface area contributed by atoms with E-state index in [4.69, 9.17) is 27.7 Å². The van der Waals surface area contributed by atoms with Crippen LogP contribution in [0.3, 0.4) is 0 Å². The molecule has 84 valence electrons. The van der Waals surface area contributed by atoms with Crippen molar-refractivity contribution in [3.8, 4) is 17.1 Å². The van der Waals surface area contributed by atoms with Crippen LogP contribution in [-0.4, -0.2) is 15.2 Å². The predicted molar refractivity (Wildman–Crippen MR) is 60.8 cm³/mol. The summed E-state index contributed by atoms with van der Waals surface area (Å²) in [5.74, 6) is 0.794. The topological polar surface area (TPSA) is 59.2 Å². The van der Waals surface area contributed by atoms with Gasteiger partial charge in [-0.3, -0.25) is 0 Å². The molecule has 1 aromatic heterocycles. The highest BCUT2D eigenvalue weighted by Crippen LogP contribution is 2.35. The monoisotopic (exact) mass is 258 g/mol. The predicted octanol–water partition coefficient (Wildman–Crippen LogP) is 3.31. The lowest BCUT2D eigenvalue weighted by Gasteiger charge is -2.01. The number of benzene rings is 1. The molecule has 1 N–H and O–H groups in total. The van der Waals surface area contributed by atoms with Gasteiger partial charge in [0.2, 0.25) is 11.7 Å². The summed E-state index contributed by atoms with van der Waals surface area (Å²) in [6.45, 7) is 1.91. The average Bonchev–Trinajstić information content (AvgIpc) is 2.73. The molecular weight excluding hydrogens is 251 g/mol. The molecule has 1 aromatic carbocycles. The van der Waals surface area contributed by atoms with Gasteiger partial charge in [0.15, 0.2) is 5.75 Å². The number of hydrogen-bond acceptors (Lipinski definition) is 4. The SMILES string of the molecule is CCc1nc(-c2cc(Cl)c(O)c(Cl)c2)no1. The highest BCUT2D eigenvalue weighted by molar-refractivity contribution is 6.37. The Morgan fingerprint density at radius 1 is 1.31 bits per heavy atom. The van der Waals surface area contributed by atoms with E-state index in [1.54, 1.807) is 0 Å². The zero-order valence-electron chi connectivity index (χ0n) is 8.37. The third kappa shape index (κ3) is 1.99. The molecule has 0 spiro atoms. The number of aromatic hydroxyl groups is 1. The molecule has 2 aromatic rings. The summed E-state index contributed by atoms with van der Waals surface area (Å²) in [6.07, 6.45) is 0.659. The van der Waals surface area contributed by atoms with Crippen molar-refractivity contribution >= 4 is 23.2 Å². The Bertz CT molecular complexity index is 502. The van der Waals surface area contributed by atoms with Gasteiger partial charge in [-0.25, -0.2) is 0 Å². The fourth-order valence-electron chi connectivity index (χ4n) is 1.21. The van der Waals surface area contributed by atoms with E-state index in [1.807, 2.05) is 6.92 Å². The average molecular weight is 259 g/mol. The third-order valence-corrected chi connectivity index (χ3v) is 2.62. The zero-order valence-corrected chi connectivity index (χ0v) is 9.88. The van der Waals surface area contributed by atoms with Crippen molar-refractivity contribution < 1.29 is 9.63 Å². The van der Waals surface area contributed by atoms with E-state index in [9.17, 15) is 5.11 Å². The van der Waals surface area contributed by atoms with E-state index in [0.29, 0.717) is 23.7 Å². The standard InChI is InChI=1S/C10H8Cl2N2O2/c1-2-8-13-10(14-16-8)5-3-6(11)9(15)7(12)4-5/h3-4,15H,2H2,1H3. The molecule has 0 atom stereocenters. The van der Waals surface area contributed by atoms with Crippen LogP contribution in [-0.2, 0) is 6.42 Å². The van der Waals surface area contributed by atoms with Crippen LogP contribution in [0.1, 0.15) is 12.8 Å². The molecule has 0 saturated heterocycles. The summed E-state index contributed by atoms with van der Waals surface area (Å²) < 4.78 is 4.97. The minimum absolute atomic E-state index is 0.147. The first-order chi connectivity index (χ1) is 7.61. The summed E-state index contributed by atoms with van der Waals surface area (Å²) in [6, 6.07) is 3.07. The molecule has 0 fully saturated rings. The Morgan fingerprint density at radius 3 is 2.44 bits per heavy atom. The molecule has 0 aliphatic rings. The lowest BCUT2D eigenvalue weighted by Crippen LogP contribution is -1.83. The van der Waals surface area contributed by atoms with E-state index in [-0.39, 0.29) is 15.8 Å². The second-order valence-electron chi connectivity index (χ2n) is 3.15. The summed E-state index contributed by atoms with van der Waals surface area (Å²) in [4.78, 5) is 4.13. The number of hydrogen-bond donors (Lipinski definition) is 1. The number of rotatable bonds is 2. The van der Waals surface area contributed by atoms with Gasteiger partial charge in [-0.05, 0) is 12.1 Å². The molecule has 4 nitrogen and oxygen atoms in total. The van der Waals surface area contributed by atoms with E-state index >= 15 is 0 Å². The van der Waals surface area contributed by atoms with Crippen molar-refractivity contribution in [2.45, 2.75) is 13.3 Å². The highest BCUT2D eigenvalue weighted by Gasteiger charge is 2.12. The first kappa shape index (κ1) is 11.2. The molecule has 0 aliphatic heterocycles. The Balaban J connectivity index is 2.48. The van der Waals surface area contributed by atoms with Crippen molar-refractivity contribution in [3.63, 3.8) is 0 Å². The van der Waals surface area contributed by atoms with Crippen LogP contribution in [0.25, 0.3) is 11.4 Å². The number of phenolic OH excluding ortho intramolecular Hbond substituents is 1. The lowest BCUT2D eigenvalue weighted by atomic mass is 10.2. The molecule has 0 amide bonds. The largest absolute Gasteiger partial charge is 0.505 e. The summed E-state index contributed by atoms with van der Waals surface area (Å²) in [7, 11) is 0. The van der Waals surface area contributed by atoms with Crippen molar-refractivity contribution in [2.75, 3.05) is 0 Å². The Labute approximate surface area is 102 Å². The van der Waals surface area contributed by atoms with Crippen molar-refractivity contribution in [2.24, 2.45) is 0 Å². The smallest absolute Gasteiger partial charge is 0.226 e. The first-order valence-electron chi connectivity index (χ1n) is 4.62. The van der Waals surface area contributed by atoms with Gasteiger partial charge in [0.25, 0.3) is 0 Å². The number of phenols is 1. The van der Waals surface area contributed by atoms with Crippen LogP contribution >= 0.6 is 23.2 Å². The van der Waals surface area contributed by atoms with E-state index < -0.39 is 0 Å². The maximum atomic E-state index is 9.40. The van der Waals surface area contributed by atoms with Crippen molar-refractivity contribution in [1.82, 2.24) is 10.1 Å². The summed E-state index contributed by atoms with van der Waals surface area (Å²) in [5, 5.41) is 13.5. The zero-order chi connectivity index (χ0) is 11.7. The molecule has 0 radical (unpaired) electrons. The van der Waals surface area contributed by atoms with E-state index in [2.05, 4.69) is 10.1 Å². The number of aromatic nitrogens is 2. The van der Waals surface area contributed by atoms with Crippen LogP contribution in [0.5, 0.6) is 5.75 Å². The van der Waals surface area contributed by atoms with Crippen LogP contribution in [0.15, 0.2) is 16.7 Å². The Hall–Kier alpha value is -1.26. The van der Waals surface area contributed by atoms with Crippen LogP contribution in [0, 0.1) is 0 Å². The first-order valence-corrected chi connectivity index (χ1v) is 5.38. The second kappa shape index (κ2) is 4.31. The molecule has 2 rings (SSSR count). The van der Waals surface area contributed by atoms with Crippen LogP contribution in [0.2, 0.25) is 10.0 Å².